The van der Waals surface area contributed by atoms with Crippen molar-refractivity contribution in [1.82, 2.24) is 4.98 Å². The Morgan fingerprint density at radius 1 is 1.20 bits per heavy atom. The molecule has 3 aliphatic rings. The van der Waals surface area contributed by atoms with Gasteiger partial charge in [0, 0.05) is 17.7 Å². The van der Waals surface area contributed by atoms with Crippen LogP contribution in [0.25, 0.3) is 0 Å². The first-order chi connectivity index (χ1) is 12.0. The van der Waals surface area contributed by atoms with Crippen LogP contribution in [0.1, 0.15) is 55.5 Å². The lowest BCUT2D eigenvalue weighted by molar-refractivity contribution is -0.118. The van der Waals surface area contributed by atoms with E-state index >= 15 is 0 Å². The summed E-state index contributed by atoms with van der Waals surface area (Å²) >= 11 is 1.69. The van der Waals surface area contributed by atoms with E-state index in [4.69, 9.17) is 0 Å². The predicted molar refractivity (Wildman–Crippen MR) is 101 cm³/mol. The molecule has 0 radical (unpaired) electrons. The van der Waals surface area contributed by atoms with E-state index in [1.54, 1.807) is 11.3 Å². The van der Waals surface area contributed by atoms with Gasteiger partial charge in [-0.05, 0) is 42.2 Å². The lowest BCUT2D eigenvalue weighted by Crippen LogP contribution is -2.44. The van der Waals surface area contributed by atoms with Gasteiger partial charge >= 0.3 is 0 Å². The molecule has 3 nitrogen and oxygen atoms in total. The van der Waals surface area contributed by atoms with Gasteiger partial charge in [0.15, 0.2) is 5.78 Å². The van der Waals surface area contributed by atoms with Crippen LogP contribution in [0.15, 0.2) is 41.0 Å². The van der Waals surface area contributed by atoms with Crippen LogP contribution in [0.2, 0.25) is 0 Å². The van der Waals surface area contributed by atoms with Crippen molar-refractivity contribution < 1.29 is 4.79 Å². The number of benzene rings is 1. The molecule has 1 spiro atoms. The van der Waals surface area contributed by atoms with Crippen molar-refractivity contribution in [2.45, 2.75) is 51.4 Å². The van der Waals surface area contributed by atoms with E-state index < -0.39 is 0 Å². The number of carbonyl (C=O) groups is 1. The molecule has 2 heterocycles. The number of thiazole rings is 1. The minimum atomic E-state index is -0.292. The maximum Gasteiger partial charge on any atom is 0.162 e. The van der Waals surface area contributed by atoms with E-state index in [0.717, 1.165) is 42.8 Å². The fourth-order valence-corrected chi connectivity index (χ4v) is 6.14. The Kier molecular flexibility index (Phi) is 3.09. The molecule has 1 atom stereocenters. The number of allylic oxidation sites excluding steroid dienone is 2. The van der Waals surface area contributed by atoms with E-state index in [1.807, 2.05) is 5.51 Å². The van der Waals surface area contributed by atoms with Gasteiger partial charge in [-0.15, -0.1) is 11.3 Å². The number of anilines is 1. The number of Topliss-reactive ketones (excluding diaryl/α,β-unsaturated/α-hetero) is 1. The van der Waals surface area contributed by atoms with Crippen molar-refractivity contribution in [3.05, 3.63) is 57.1 Å². The van der Waals surface area contributed by atoms with Crippen LogP contribution < -0.4 is 5.32 Å². The summed E-state index contributed by atoms with van der Waals surface area (Å²) < 4.78 is 0. The summed E-state index contributed by atoms with van der Waals surface area (Å²) in [6.07, 6.45) is 4.76. The minimum absolute atomic E-state index is 0.00577. The molecular weight excluding hydrogens is 328 g/mol. The highest BCUT2D eigenvalue weighted by atomic mass is 32.1. The van der Waals surface area contributed by atoms with Gasteiger partial charge in [-0.1, -0.05) is 38.1 Å². The van der Waals surface area contributed by atoms with Gasteiger partial charge < -0.3 is 5.32 Å². The van der Waals surface area contributed by atoms with Gasteiger partial charge in [-0.25, -0.2) is 4.98 Å². The normalized spacial score (nSPS) is 26.7. The standard InChI is InChI=1S/C21H22N2OS/c1-20(2)10-15-17(16(24)11-20)21(18-19(23-15)22-12-25-18)9-5-7-13-6-3-4-8-14(13)21/h3-4,6,8,12,23H,5,7,9-11H2,1-2H3/t21-/m1/s1. The third kappa shape index (κ3) is 2.03. The number of nitrogens with one attached hydrogen (secondary N) is 1. The van der Waals surface area contributed by atoms with E-state index in [-0.39, 0.29) is 10.8 Å². The second-order valence-corrected chi connectivity index (χ2v) is 9.22. The summed E-state index contributed by atoms with van der Waals surface area (Å²) in [4.78, 5) is 19.2. The number of ketones is 1. The lowest BCUT2D eigenvalue weighted by atomic mass is 9.59. The molecule has 1 aromatic carbocycles. The first-order valence-corrected chi connectivity index (χ1v) is 9.95. The van der Waals surface area contributed by atoms with Crippen LogP contribution >= 0.6 is 11.3 Å². The molecule has 0 saturated heterocycles. The zero-order valence-corrected chi connectivity index (χ0v) is 15.5. The van der Waals surface area contributed by atoms with Crippen LogP contribution in [0.3, 0.4) is 0 Å². The molecular formula is C21H22N2OS. The smallest absolute Gasteiger partial charge is 0.162 e. The molecule has 0 amide bonds. The van der Waals surface area contributed by atoms with Gasteiger partial charge in [0.05, 0.1) is 15.8 Å². The molecule has 0 unspecified atom stereocenters. The first kappa shape index (κ1) is 15.3. The van der Waals surface area contributed by atoms with Crippen LogP contribution in [0, 0.1) is 5.41 Å². The van der Waals surface area contributed by atoms with E-state index in [9.17, 15) is 4.79 Å². The highest BCUT2D eigenvalue weighted by molar-refractivity contribution is 7.10. The van der Waals surface area contributed by atoms with Crippen molar-refractivity contribution in [3.63, 3.8) is 0 Å². The molecule has 5 rings (SSSR count). The van der Waals surface area contributed by atoms with Crippen molar-refractivity contribution >= 4 is 22.9 Å². The highest BCUT2D eigenvalue weighted by Crippen LogP contribution is 2.57. The van der Waals surface area contributed by atoms with E-state index in [2.05, 4.69) is 48.4 Å². The third-order valence-corrected chi connectivity index (χ3v) is 6.99. The minimum Gasteiger partial charge on any atom is -0.342 e. The summed E-state index contributed by atoms with van der Waals surface area (Å²) in [7, 11) is 0. The number of fused-ring (bicyclic) bond motifs is 5. The number of carbonyl (C=O) groups excluding carboxylic acids is 1. The molecule has 25 heavy (non-hydrogen) atoms. The Balaban J connectivity index is 1.84. The summed E-state index contributed by atoms with van der Waals surface area (Å²) in [5.41, 5.74) is 6.48. The Labute approximate surface area is 152 Å². The second-order valence-electron chi connectivity index (χ2n) is 8.37. The van der Waals surface area contributed by atoms with Crippen molar-refractivity contribution in [2.75, 3.05) is 5.32 Å². The number of hydrogen-bond donors (Lipinski definition) is 1. The van der Waals surface area contributed by atoms with E-state index in [1.165, 1.54) is 16.0 Å². The van der Waals surface area contributed by atoms with Crippen molar-refractivity contribution in [3.8, 4) is 0 Å². The summed E-state index contributed by atoms with van der Waals surface area (Å²) in [6, 6.07) is 8.71. The maximum absolute atomic E-state index is 13.3. The molecule has 128 valence electrons. The number of hydrogen-bond acceptors (Lipinski definition) is 4. The number of aromatic nitrogens is 1. The van der Waals surface area contributed by atoms with Crippen molar-refractivity contribution in [2.24, 2.45) is 5.41 Å². The third-order valence-electron chi connectivity index (χ3n) is 6.00. The molecule has 0 fully saturated rings. The summed E-state index contributed by atoms with van der Waals surface area (Å²) in [6.45, 7) is 4.38. The topological polar surface area (TPSA) is 42.0 Å². The monoisotopic (exact) mass is 350 g/mol. The molecule has 0 bridgehead atoms. The molecule has 2 aliphatic carbocycles. The molecule has 4 heteroatoms. The van der Waals surface area contributed by atoms with Crippen LogP contribution in [-0.2, 0) is 16.6 Å². The maximum atomic E-state index is 13.3. The van der Waals surface area contributed by atoms with Crippen molar-refractivity contribution in [1.29, 1.82) is 0 Å². The number of aryl methyl sites for hydroxylation is 1. The van der Waals surface area contributed by atoms with Crippen LogP contribution in [0.4, 0.5) is 5.82 Å². The Morgan fingerprint density at radius 3 is 2.92 bits per heavy atom. The molecule has 2 aromatic rings. The number of rotatable bonds is 0. The van der Waals surface area contributed by atoms with Gasteiger partial charge in [0.1, 0.15) is 5.82 Å². The quantitative estimate of drug-likeness (QED) is 0.739. The first-order valence-electron chi connectivity index (χ1n) is 9.07. The highest BCUT2D eigenvalue weighted by Gasteiger charge is 2.52. The summed E-state index contributed by atoms with van der Waals surface area (Å²) in [5.74, 6) is 1.28. The zero-order chi connectivity index (χ0) is 17.2. The van der Waals surface area contributed by atoms with Gasteiger partial charge in [0.25, 0.3) is 0 Å². The lowest BCUT2D eigenvalue weighted by Gasteiger charge is -2.47. The average molecular weight is 350 g/mol. The fraction of sp³-hybridized carbons (Fsp3) is 0.429. The second kappa shape index (κ2) is 5.04. The predicted octanol–water partition coefficient (Wildman–Crippen LogP) is 4.83. The molecule has 1 aromatic heterocycles. The average Bonchev–Trinajstić information content (AvgIpc) is 3.02. The van der Waals surface area contributed by atoms with Gasteiger partial charge in [0.2, 0.25) is 0 Å². The Morgan fingerprint density at radius 2 is 2.04 bits per heavy atom. The zero-order valence-electron chi connectivity index (χ0n) is 14.7. The fourth-order valence-electron chi connectivity index (χ4n) is 5.15. The molecule has 1 N–H and O–H groups in total. The van der Waals surface area contributed by atoms with Crippen LogP contribution in [-0.4, -0.2) is 10.8 Å². The molecule has 1 aliphatic heterocycles. The Bertz CT molecular complexity index is 923. The molecule has 0 saturated carbocycles. The van der Waals surface area contributed by atoms with Gasteiger partial charge in [-0.3, -0.25) is 4.79 Å². The SMILES string of the molecule is CC1(C)CC(=O)C2=C(C1)Nc1ncsc1[C@@]21CCCc2ccccc21. The van der Waals surface area contributed by atoms with E-state index in [0.29, 0.717) is 12.2 Å². The largest absolute Gasteiger partial charge is 0.342 e. The van der Waals surface area contributed by atoms with Gasteiger partial charge in [-0.2, -0.15) is 0 Å². The van der Waals surface area contributed by atoms with Crippen LogP contribution in [0.5, 0.6) is 0 Å². The number of nitrogens with zero attached hydrogens (tertiary/aromatic N) is 1. The summed E-state index contributed by atoms with van der Waals surface area (Å²) in [5, 5.41) is 3.53. The Hall–Kier alpha value is -1.94.